The van der Waals surface area contributed by atoms with Crippen LogP contribution in [-0.4, -0.2) is 28.7 Å². The molecular weight excluding hydrogens is 350 g/mol. The smallest absolute Gasteiger partial charge is 0.260 e. The largest absolute Gasteiger partial charge is 0.494 e. The van der Waals surface area contributed by atoms with Crippen LogP contribution >= 0.6 is 11.8 Å². The Morgan fingerprint density at radius 1 is 1.23 bits per heavy atom. The third kappa shape index (κ3) is 3.88. The lowest BCUT2D eigenvalue weighted by molar-refractivity contribution is 0.102. The molecule has 3 rings (SSSR count). The molecule has 0 saturated heterocycles. The second kappa shape index (κ2) is 8.05. The number of anilines is 1. The summed E-state index contributed by atoms with van der Waals surface area (Å²) in [7, 11) is 0. The van der Waals surface area contributed by atoms with Crippen molar-refractivity contribution in [2.45, 2.75) is 18.9 Å². The van der Waals surface area contributed by atoms with Crippen LogP contribution in [0.15, 0.2) is 52.1 Å². The van der Waals surface area contributed by atoms with Crippen molar-refractivity contribution in [2.24, 2.45) is 0 Å². The lowest BCUT2D eigenvalue weighted by Gasteiger charge is -2.12. The molecule has 0 bridgehead atoms. The van der Waals surface area contributed by atoms with Crippen LogP contribution in [0.2, 0.25) is 0 Å². The maximum atomic E-state index is 12.8. The molecule has 0 atom stereocenters. The Bertz CT molecular complexity index is 893. The Morgan fingerprint density at radius 2 is 2.00 bits per heavy atom. The summed E-state index contributed by atoms with van der Waals surface area (Å²) in [6.45, 7) is 4.32. The van der Waals surface area contributed by atoms with E-state index >= 15 is 0 Å². The SMILES string of the molecule is CCOc1ccc(NC(=O)c2c(C)nc(-c3ccco3)nc2SC)cc1. The molecule has 7 heteroatoms. The normalized spacial score (nSPS) is 10.6. The van der Waals surface area contributed by atoms with E-state index in [0.717, 1.165) is 5.75 Å². The van der Waals surface area contributed by atoms with Crippen LogP contribution < -0.4 is 10.1 Å². The third-order valence-corrected chi connectivity index (χ3v) is 4.32. The van der Waals surface area contributed by atoms with Crippen LogP contribution in [0.4, 0.5) is 5.69 Å². The van der Waals surface area contributed by atoms with Crippen LogP contribution in [0.5, 0.6) is 5.75 Å². The van der Waals surface area contributed by atoms with Crippen molar-refractivity contribution in [1.29, 1.82) is 0 Å². The average molecular weight is 369 g/mol. The van der Waals surface area contributed by atoms with E-state index in [2.05, 4.69) is 15.3 Å². The van der Waals surface area contributed by atoms with E-state index in [4.69, 9.17) is 9.15 Å². The van der Waals surface area contributed by atoms with E-state index in [1.54, 1.807) is 37.5 Å². The number of furan rings is 1. The molecule has 0 radical (unpaired) electrons. The molecule has 0 aliphatic heterocycles. The number of nitrogens with one attached hydrogen (secondary N) is 1. The first-order valence-corrected chi connectivity index (χ1v) is 9.35. The predicted molar refractivity (Wildman–Crippen MR) is 102 cm³/mol. The van der Waals surface area contributed by atoms with Crippen molar-refractivity contribution in [3.05, 3.63) is 53.9 Å². The number of carbonyl (C=O) groups is 1. The average Bonchev–Trinajstić information content (AvgIpc) is 3.17. The monoisotopic (exact) mass is 369 g/mol. The number of nitrogens with zero attached hydrogens (tertiary/aromatic N) is 2. The van der Waals surface area contributed by atoms with Crippen LogP contribution in [0.3, 0.4) is 0 Å². The summed E-state index contributed by atoms with van der Waals surface area (Å²) in [4.78, 5) is 21.7. The lowest BCUT2D eigenvalue weighted by Crippen LogP contribution is -2.16. The highest BCUT2D eigenvalue weighted by molar-refractivity contribution is 7.98. The van der Waals surface area contributed by atoms with E-state index in [-0.39, 0.29) is 5.91 Å². The lowest BCUT2D eigenvalue weighted by atomic mass is 10.2. The zero-order valence-corrected chi connectivity index (χ0v) is 15.6. The van der Waals surface area contributed by atoms with Crippen molar-refractivity contribution in [2.75, 3.05) is 18.2 Å². The van der Waals surface area contributed by atoms with Gasteiger partial charge in [-0.25, -0.2) is 9.97 Å². The number of hydrogen-bond acceptors (Lipinski definition) is 6. The van der Waals surface area contributed by atoms with Crippen LogP contribution in [0, 0.1) is 6.92 Å². The van der Waals surface area contributed by atoms with Gasteiger partial charge in [0.05, 0.1) is 24.1 Å². The minimum atomic E-state index is -0.248. The minimum Gasteiger partial charge on any atom is -0.494 e. The van der Waals surface area contributed by atoms with Crippen molar-refractivity contribution in [3.63, 3.8) is 0 Å². The summed E-state index contributed by atoms with van der Waals surface area (Å²) in [5.41, 5.74) is 1.74. The van der Waals surface area contributed by atoms with Gasteiger partial charge in [0.1, 0.15) is 10.8 Å². The van der Waals surface area contributed by atoms with Gasteiger partial charge in [-0.1, -0.05) is 0 Å². The molecule has 1 aromatic carbocycles. The molecule has 1 N–H and O–H groups in total. The highest BCUT2D eigenvalue weighted by Crippen LogP contribution is 2.26. The molecule has 6 nitrogen and oxygen atoms in total. The molecule has 0 fully saturated rings. The molecule has 134 valence electrons. The Kier molecular flexibility index (Phi) is 5.58. The maximum Gasteiger partial charge on any atom is 0.260 e. The standard InChI is InChI=1S/C19H19N3O3S/c1-4-24-14-9-7-13(8-10-14)21-18(23)16-12(2)20-17(22-19(16)26-3)15-6-5-11-25-15/h5-11H,4H2,1-3H3,(H,21,23). The number of carbonyl (C=O) groups excluding carboxylic acids is 1. The Hall–Kier alpha value is -2.80. The zero-order chi connectivity index (χ0) is 18.5. The summed E-state index contributed by atoms with van der Waals surface area (Å²) >= 11 is 1.40. The van der Waals surface area contributed by atoms with Crippen LogP contribution in [0.25, 0.3) is 11.6 Å². The molecule has 0 saturated carbocycles. The van der Waals surface area contributed by atoms with Crippen molar-refractivity contribution < 1.29 is 13.9 Å². The van der Waals surface area contributed by atoms with Crippen molar-refractivity contribution in [1.82, 2.24) is 9.97 Å². The van der Waals surface area contributed by atoms with Gasteiger partial charge < -0.3 is 14.5 Å². The maximum absolute atomic E-state index is 12.8. The number of aromatic nitrogens is 2. The predicted octanol–water partition coefficient (Wildman–Crippen LogP) is 4.42. The van der Waals surface area contributed by atoms with E-state index in [0.29, 0.717) is 40.2 Å². The molecule has 0 unspecified atom stereocenters. The fourth-order valence-electron chi connectivity index (χ4n) is 2.47. The first-order chi connectivity index (χ1) is 12.6. The van der Waals surface area contributed by atoms with Gasteiger partial charge in [-0.3, -0.25) is 4.79 Å². The molecule has 0 aliphatic rings. The summed E-state index contributed by atoms with van der Waals surface area (Å²) in [5.74, 6) is 1.55. The fraction of sp³-hybridized carbons (Fsp3) is 0.211. The number of thioether (sulfide) groups is 1. The van der Waals surface area contributed by atoms with Gasteiger partial charge in [-0.15, -0.1) is 11.8 Å². The Balaban J connectivity index is 1.86. The van der Waals surface area contributed by atoms with Gasteiger partial charge >= 0.3 is 0 Å². The highest BCUT2D eigenvalue weighted by atomic mass is 32.2. The van der Waals surface area contributed by atoms with Crippen molar-refractivity contribution in [3.8, 4) is 17.3 Å². The number of benzene rings is 1. The Labute approximate surface area is 156 Å². The van der Waals surface area contributed by atoms with Gasteiger partial charge in [-0.05, 0) is 56.5 Å². The summed E-state index contributed by atoms with van der Waals surface area (Å²) in [6.07, 6.45) is 3.45. The number of amides is 1. The molecule has 2 aromatic heterocycles. The van der Waals surface area contributed by atoms with E-state index in [1.165, 1.54) is 11.8 Å². The van der Waals surface area contributed by atoms with Gasteiger partial charge in [0.15, 0.2) is 11.6 Å². The highest BCUT2D eigenvalue weighted by Gasteiger charge is 2.20. The third-order valence-electron chi connectivity index (χ3n) is 3.64. The topological polar surface area (TPSA) is 77.2 Å². The summed E-state index contributed by atoms with van der Waals surface area (Å²) in [5, 5.41) is 3.49. The zero-order valence-electron chi connectivity index (χ0n) is 14.8. The van der Waals surface area contributed by atoms with Gasteiger partial charge in [-0.2, -0.15) is 0 Å². The summed E-state index contributed by atoms with van der Waals surface area (Å²) in [6, 6.07) is 10.8. The van der Waals surface area contributed by atoms with Gasteiger partial charge in [0.25, 0.3) is 5.91 Å². The molecule has 26 heavy (non-hydrogen) atoms. The van der Waals surface area contributed by atoms with Crippen LogP contribution in [-0.2, 0) is 0 Å². The molecule has 3 aromatic rings. The fourth-order valence-corrected chi connectivity index (χ4v) is 3.09. The first kappa shape index (κ1) is 18.0. The number of rotatable bonds is 6. The second-order valence-corrected chi connectivity index (χ2v) is 6.20. The minimum absolute atomic E-state index is 0.248. The summed E-state index contributed by atoms with van der Waals surface area (Å²) < 4.78 is 10.8. The van der Waals surface area contributed by atoms with E-state index in [9.17, 15) is 4.79 Å². The molecule has 1 amide bonds. The van der Waals surface area contributed by atoms with Crippen LogP contribution in [0.1, 0.15) is 23.0 Å². The number of hydrogen-bond donors (Lipinski definition) is 1. The van der Waals surface area contributed by atoms with Gasteiger partial charge in [0, 0.05) is 5.69 Å². The first-order valence-electron chi connectivity index (χ1n) is 8.13. The number of ether oxygens (including phenoxy) is 1. The second-order valence-electron chi connectivity index (χ2n) is 5.41. The molecule has 2 heterocycles. The van der Waals surface area contributed by atoms with E-state index < -0.39 is 0 Å². The van der Waals surface area contributed by atoms with E-state index in [1.807, 2.05) is 25.3 Å². The number of aryl methyl sites for hydroxylation is 1. The van der Waals surface area contributed by atoms with Gasteiger partial charge in [0.2, 0.25) is 0 Å². The molecule has 0 aliphatic carbocycles. The molecular formula is C19H19N3O3S. The molecule has 0 spiro atoms. The Morgan fingerprint density at radius 3 is 2.62 bits per heavy atom. The quantitative estimate of drug-likeness (QED) is 0.512. The van der Waals surface area contributed by atoms with Crippen molar-refractivity contribution >= 4 is 23.4 Å².